The van der Waals surface area contributed by atoms with Crippen LogP contribution in [0.1, 0.15) is 36.5 Å². The molecule has 1 unspecified atom stereocenters. The third-order valence-electron chi connectivity index (χ3n) is 3.82. The normalized spacial score (nSPS) is 17.5. The van der Waals surface area contributed by atoms with Crippen molar-refractivity contribution in [2.75, 3.05) is 21.3 Å². The summed E-state index contributed by atoms with van der Waals surface area (Å²) in [6, 6.07) is 3.41. The summed E-state index contributed by atoms with van der Waals surface area (Å²) in [5, 5.41) is 3.04. The zero-order valence-electron chi connectivity index (χ0n) is 13.6. The van der Waals surface area contributed by atoms with E-state index in [4.69, 9.17) is 14.2 Å². The molecule has 1 aliphatic rings. The van der Waals surface area contributed by atoms with Gasteiger partial charge in [0, 0.05) is 11.6 Å². The van der Waals surface area contributed by atoms with Gasteiger partial charge in [-0.3, -0.25) is 4.79 Å². The highest BCUT2D eigenvalue weighted by atomic mass is 16.5. The van der Waals surface area contributed by atoms with E-state index in [0.29, 0.717) is 22.8 Å². The van der Waals surface area contributed by atoms with Gasteiger partial charge in [0.2, 0.25) is 5.75 Å². The van der Waals surface area contributed by atoms with Gasteiger partial charge in [-0.2, -0.15) is 0 Å². The number of amides is 1. The second kappa shape index (κ2) is 7.20. The van der Waals surface area contributed by atoms with Gasteiger partial charge >= 0.3 is 0 Å². The topological polar surface area (TPSA) is 56.8 Å². The summed E-state index contributed by atoms with van der Waals surface area (Å²) in [4.78, 5) is 12.5. The number of hydrogen-bond acceptors (Lipinski definition) is 4. The monoisotopic (exact) mass is 305 g/mol. The maximum Gasteiger partial charge on any atom is 0.252 e. The lowest BCUT2D eigenvalue weighted by atomic mass is 9.96. The van der Waals surface area contributed by atoms with Crippen molar-refractivity contribution in [2.45, 2.75) is 32.2 Å². The highest BCUT2D eigenvalue weighted by Gasteiger charge is 2.19. The minimum absolute atomic E-state index is 0.0836. The van der Waals surface area contributed by atoms with E-state index in [9.17, 15) is 4.79 Å². The number of nitrogens with one attached hydrogen (secondary N) is 1. The smallest absolute Gasteiger partial charge is 0.252 e. The summed E-state index contributed by atoms with van der Waals surface area (Å²) in [7, 11) is 4.61. The zero-order valence-corrected chi connectivity index (χ0v) is 13.6. The Labute approximate surface area is 131 Å². The Morgan fingerprint density at radius 1 is 1.14 bits per heavy atom. The second-order valence-corrected chi connectivity index (χ2v) is 5.40. The molecule has 0 aliphatic heterocycles. The predicted octanol–water partition coefficient (Wildman–Crippen LogP) is 2.94. The molecule has 1 amide bonds. The minimum Gasteiger partial charge on any atom is -0.493 e. The van der Waals surface area contributed by atoms with E-state index >= 15 is 0 Å². The van der Waals surface area contributed by atoms with Crippen LogP contribution in [0.2, 0.25) is 0 Å². The molecule has 0 radical (unpaired) electrons. The number of carbonyl (C=O) groups is 1. The molecule has 0 saturated carbocycles. The van der Waals surface area contributed by atoms with E-state index in [1.165, 1.54) is 26.9 Å². The largest absolute Gasteiger partial charge is 0.493 e. The molecule has 0 bridgehead atoms. The van der Waals surface area contributed by atoms with Crippen molar-refractivity contribution in [3.63, 3.8) is 0 Å². The predicted molar refractivity (Wildman–Crippen MR) is 85.0 cm³/mol. The van der Waals surface area contributed by atoms with Crippen LogP contribution >= 0.6 is 0 Å². The molecule has 0 spiro atoms. The van der Waals surface area contributed by atoms with Crippen LogP contribution in [0.5, 0.6) is 17.2 Å². The summed E-state index contributed by atoms with van der Waals surface area (Å²) in [6.45, 7) is 2.09. The molecule has 1 aliphatic carbocycles. The Morgan fingerprint density at radius 2 is 1.77 bits per heavy atom. The van der Waals surface area contributed by atoms with Crippen molar-refractivity contribution >= 4 is 5.91 Å². The number of methoxy groups -OCH3 is 3. The van der Waals surface area contributed by atoms with Crippen LogP contribution in [-0.2, 0) is 0 Å². The number of allylic oxidation sites excluding steroid dienone is 1. The highest BCUT2D eigenvalue weighted by Crippen LogP contribution is 2.38. The summed E-state index contributed by atoms with van der Waals surface area (Å²) in [5.74, 6) is 1.29. The highest BCUT2D eigenvalue weighted by molar-refractivity contribution is 5.96. The standard InChI is InChI=1S/C17H23NO4/c1-11-6-5-7-13(8-11)18-17(19)12-9-14(20-2)16(22-4)15(10-12)21-3/h8-10,13H,5-7H2,1-4H3,(H,18,19). The van der Waals surface area contributed by atoms with Crippen LogP contribution in [0, 0.1) is 0 Å². The lowest BCUT2D eigenvalue weighted by Crippen LogP contribution is -2.34. The van der Waals surface area contributed by atoms with Gasteiger partial charge in [0.1, 0.15) is 0 Å². The average molecular weight is 305 g/mol. The van der Waals surface area contributed by atoms with Crippen molar-refractivity contribution in [2.24, 2.45) is 0 Å². The maximum absolute atomic E-state index is 12.5. The first kappa shape index (κ1) is 16.2. The first-order valence-electron chi connectivity index (χ1n) is 7.37. The molecule has 1 N–H and O–H groups in total. The third-order valence-corrected chi connectivity index (χ3v) is 3.82. The molecule has 120 valence electrons. The number of carbonyl (C=O) groups excluding carboxylic acids is 1. The van der Waals surface area contributed by atoms with Crippen LogP contribution in [0.4, 0.5) is 0 Å². The number of benzene rings is 1. The van der Waals surface area contributed by atoms with Crippen molar-refractivity contribution < 1.29 is 19.0 Å². The first-order chi connectivity index (χ1) is 10.6. The van der Waals surface area contributed by atoms with Crippen molar-refractivity contribution in [1.29, 1.82) is 0 Å². The third kappa shape index (κ3) is 3.53. The van der Waals surface area contributed by atoms with Crippen LogP contribution in [-0.4, -0.2) is 33.3 Å². The fourth-order valence-electron chi connectivity index (χ4n) is 2.69. The lowest BCUT2D eigenvalue weighted by Gasteiger charge is -2.21. The fourth-order valence-corrected chi connectivity index (χ4v) is 2.69. The van der Waals surface area contributed by atoms with Crippen LogP contribution in [0.3, 0.4) is 0 Å². The summed E-state index contributed by atoms with van der Waals surface area (Å²) in [6.07, 6.45) is 5.30. The summed E-state index contributed by atoms with van der Waals surface area (Å²) in [5.41, 5.74) is 1.81. The van der Waals surface area contributed by atoms with E-state index in [1.54, 1.807) is 12.1 Å². The number of rotatable bonds is 5. The minimum atomic E-state index is -0.143. The van der Waals surface area contributed by atoms with Crippen LogP contribution in [0.15, 0.2) is 23.8 Å². The molecule has 2 rings (SSSR count). The fraction of sp³-hybridized carbons (Fsp3) is 0.471. The molecule has 0 fully saturated rings. The molecular weight excluding hydrogens is 282 g/mol. The van der Waals surface area contributed by atoms with Crippen LogP contribution < -0.4 is 19.5 Å². The van der Waals surface area contributed by atoms with Crippen molar-refractivity contribution in [1.82, 2.24) is 5.32 Å². The van der Waals surface area contributed by atoms with Crippen molar-refractivity contribution in [3.05, 3.63) is 29.3 Å². The number of hydrogen-bond donors (Lipinski definition) is 1. The Balaban J connectivity index is 2.24. The molecular formula is C17H23NO4. The Hall–Kier alpha value is -2.17. The maximum atomic E-state index is 12.5. The molecule has 0 heterocycles. The Bertz CT molecular complexity index is 555. The van der Waals surface area contributed by atoms with E-state index in [0.717, 1.165) is 19.3 Å². The molecule has 0 aromatic heterocycles. The summed E-state index contributed by atoms with van der Waals surface area (Å²) < 4.78 is 15.8. The lowest BCUT2D eigenvalue weighted by molar-refractivity contribution is 0.0941. The van der Waals surface area contributed by atoms with Gasteiger partial charge in [-0.05, 0) is 38.3 Å². The second-order valence-electron chi connectivity index (χ2n) is 5.40. The Morgan fingerprint density at radius 3 is 2.27 bits per heavy atom. The van der Waals surface area contributed by atoms with Gasteiger partial charge < -0.3 is 19.5 Å². The average Bonchev–Trinajstić information content (AvgIpc) is 2.53. The molecule has 5 heteroatoms. The molecule has 5 nitrogen and oxygen atoms in total. The molecule has 22 heavy (non-hydrogen) atoms. The summed E-state index contributed by atoms with van der Waals surface area (Å²) >= 11 is 0. The van der Waals surface area contributed by atoms with Crippen LogP contribution in [0.25, 0.3) is 0 Å². The number of ether oxygens (including phenoxy) is 3. The van der Waals surface area contributed by atoms with E-state index in [2.05, 4.69) is 18.3 Å². The molecule has 1 atom stereocenters. The van der Waals surface area contributed by atoms with Gasteiger partial charge in [-0.25, -0.2) is 0 Å². The van der Waals surface area contributed by atoms with Gasteiger partial charge in [-0.1, -0.05) is 11.6 Å². The van der Waals surface area contributed by atoms with Gasteiger partial charge in [0.25, 0.3) is 5.91 Å². The van der Waals surface area contributed by atoms with Gasteiger partial charge in [-0.15, -0.1) is 0 Å². The van der Waals surface area contributed by atoms with E-state index in [1.807, 2.05) is 0 Å². The van der Waals surface area contributed by atoms with E-state index < -0.39 is 0 Å². The zero-order chi connectivity index (χ0) is 16.1. The quantitative estimate of drug-likeness (QED) is 0.850. The van der Waals surface area contributed by atoms with Gasteiger partial charge in [0.15, 0.2) is 11.5 Å². The molecule has 0 saturated heterocycles. The first-order valence-corrected chi connectivity index (χ1v) is 7.37. The SMILES string of the molecule is COc1cc(C(=O)NC2C=C(C)CCC2)cc(OC)c1OC. The van der Waals surface area contributed by atoms with Crippen molar-refractivity contribution in [3.8, 4) is 17.2 Å². The Kier molecular flexibility index (Phi) is 5.31. The van der Waals surface area contributed by atoms with E-state index in [-0.39, 0.29) is 11.9 Å². The molecule has 1 aromatic rings. The van der Waals surface area contributed by atoms with Gasteiger partial charge in [0.05, 0.1) is 21.3 Å². The molecule has 1 aromatic carbocycles.